The zero-order valence-electron chi connectivity index (χ0n) is 9.69. The highest BCUT2D eigenvalue weighted by Gasteiger charge is 2.12. The maximum absolute atomic E-state index is 5.87. The van der Waals surface area contributed by atoms with Crippen molar-refractivity contribution in [1.29, 1.82) is 0 Å². The Kier molecular flexibility index (Phi) is 4.15. The number of benzene rings is 1. The third-order valence-corrected chi connectivity index (χ3v) is 4.05. The second kappa shape index (κ2) is 5.63. The molecule has 1 unspecified atom stereocenters. The first-order chi connectivity index (χ1) is 8.24. The van der Waals surface area contributed by atoms with Gasteiger partial charge in [-0.15, -0.1) is 11.3 Å². The molecule has 0 amide bonds. The molecule has 0 aliphatic rings. The van der Waals surface area contributed by atoms with Crippen LogP contribution in [0.3, 0.4) is 0 Å². The average molecular weight is 267 g/mol. The molecule has 0 radical (unpaired) electrons. The first-order valence-electron chi connectivity index (χ1n) is 5.66. The van der Waals surface area contributed by atoms with Gasteiger partial charge in [-0.25, -0.2) is 4.98 Å². The van der Waals surface area contributed by atoms with Gasteiger partial charge in [-0.3, -0.25) is 0 Å². The first kappa shape index (κ1) is 12.6. The summed E-state index contributed by atoms with van der Waals surface area (Å²) < 4.78 is 0. The van der Waals surface area contributed by atoms with Crippen LogP contribution < -0.4 is 5.73 Å². The van der Waals surface area contributed by atoms with Crippen molar-refractivity contribution in [3.8, 4) is 11.3 Å². The van der Waals surface area contributed by atoms with Gasteiger partial charge in [0.05, 0.1) is 10.7 Å². The summed E-state index contributed by atoms with van der Waals surface area (Å²) in [5, 5.41) is 3.95. The number of hydrogen-bond donors (Lipinski definition) is 1. The van der Waals surface area contributed by atoms with Crippen molar-refractivity contribution in [1.82, 2.24) is 4.98 Å². The Morgan fingerprint density at radius 3 is 2.65 bits per heavy atom. The quantitative estimate of drug-likeness (QED) is 0.911. The van der Waals surface area contributed by atoms with Crippen LogP contribution in [0.2, 0.25) is 5.02 Å². The molecule has 2 aromatic rings. The van der Waals surface area contributed by atoms with Crippen molar-refractivity contribution in [3.05, 3.63) is 39.7 Å². The predicted molar refractivity (Wildman–Crippen MR) is 74.6 cm³/mol. The number of nitrogens with zero attached hydrogens (tertiary/aromatic N) is 1. The third-order valence-electron chi connectivity index (χ3n) is 2.79. The van der Waals surface area contributed by atoms with Gasteiger partial charge < -0.3 is 5.73 Å². The van der Waals surface area contributed by atoms with E-state index >= 15 is 0 Å². The van der Waals surface area contributed by atoms with E-state index in [1.54, 1.807) is 11.3 Å². The van der Waals surface area contributed by atoms with E-state index in [4.69, 9.17) is 17.3 Å². The number of rotatable bonds is 4. The highest BCUT2D eigenvalue weighted by Crippen LogP contribution is 2.28. The maximum Gasteiger partial charge on any atom is 0.0976 e. The number of nitrogens with two attached hydrogens (primary N) is 1. The Balaban J connectivity index is 2.26. The summed E-state index contributed by atoms with van der Waals surface area (Å²) in [6, 6.07) is 7.75. The van der Waals surface area contributed by atoms with E-state index in [0.717, 1.165) is 27.7 Å². The standard InChI is InChI=1S/C13H15ClN2S/c1-2-9(7-15)13-16-12(8-17-13)10-3-5-11(14)6-4-10/h3-6,8-9H,2,7,15H2,1H3. The average Bonchev–Trinajstić information content (AvgIpc) is 2.81. The topological polar surface area (TPSA) is 38.9 Å². The number of thiazole rings is 1. The summed E-state index contributed by atoms with van der Waals surface area (Å²) in [7, 11) is 0. The molecule has 1 heterocycles. The summed E-state index contributed by atoms with van der Waals surface area (Å²) in [5.41, 5.74) is 7.84. The number of aromatic nitrogens is 1. The SMILES string of the molecule is CCC(CN)c1nc(-c2ccc(Cl)cc2)cs1. The monoisotopic (exact) mass is 266 g/mol. The van der Waals surface area contributed by atoms with Gasteiger partial charge in [0.25, 0.3) is 0 Å². The second-order valence-electron chi connectivity index (χ2n) is 3.92. The van der Waals surface area contributed by atoms with Crippen molar-refractivity contribution >= 4 is 22.9 Å². The van der Waals surface area contributed by atoms with Crippen LogP contribution in [-0.4, -0.2) is 11.5 Å². The summed E-state index contributed by atoms with van der Waals surface area (Å²) in [4.78, 5) is 4.65. The lowest BCUT2D eigenvalue weighted by molar-refractivity contribution is 0.670. The van der Waals surface area contributed by atoms with E-state index in [1.165, 1.54) is 0 Å². The summed E-state index contributed by atoms with van der Waals surface area (Å²) in [6.45, 7) is 2.80. The molecule has 0 saturated carbocycles. The summed E-state index contributed by atoms with van der Waals surface area (Å²) >= 11 is 7.55. The minimum absolute atomic E-state index is 0.376. The molecule has 1 aromatic carbocycles. The van der Waals surface area contributed by atoms with Crippen molar-refractivity contribution in [2.24, 2.45) is 5.73 Å². The van der Waals surface area contributed by atoms with Crippen LogP contribution in [0.1, 0.15) is 24.3 Å². The zero-order chi connectivity index (χ0) is 12.3. The molecule has 90 valence electrons. The van der Waals surface area contributed by atoms with Crippen molar-refractivity contribution in [2.45, 2.75) is 19.3 Å². The minimum Gasteiger partial charge on any atom is -0.330 e. The lowest BCUT2D eigenvalue weighted by Crippen LogP contribution is -2.11. The van der Waals surface area contributed by atoms with Crippen LogP contribution in [0, 0.1) is 0 Å². The van der Waals surface area contributed by atoms with E-state index < -0.39 is 0 Å². The summed E-state index contributed by atoms with van der Waals surface area (Å²) in [6.07, 6.45) is 1.03. The lowest BCUT2D eigenvalue weighted by Gasteiger charge is -2.07. The molecule has 0 aliphatic carbocycles. The molecule has 2 rings (SSSR count). The Morgan fingerprint density at radius 1 is 1.35 bits per heavy atom. The van der Waals surface area contributed by atoms with Gasteiger partial charge in [-0.2, -0.15) is 0 Å². The summed E-state index contributed by atoms with van der Waals surface area (Å²) in [5.74, 6) is 0.376. The maximum atomic E-state index is 5.87. The van der Waals surface area contributed by atoms with Gasteiger partial charge in [-0.05, 0) is 18.6 Å². The first-order valence-corrected chi connectivity index (χ1v) is 6.91. The minimum atomic E-state index is 0.376. The molecule has 0 spiro atoms. The smallest absolute Gasteiger partial charge is 0.0976 e. The second-order valence-corrected chi connectivity index (χ2v) is 5.24. The van der Waals surface area contributed by atoms with Crippen LogP contribution in [0.25, 0.3) is 11.3 Å². The molecule has 2 nitrogen and oxygen atoms in total. The highest BCUT2D eigenvalue weighted by molar-refractivity contribution is 7.10. The molecular formula is C13H15ClN2S. The van der Waals surface area contributed by atoms with Crippen LogP contribution in [0.4, 0.5) is 0 Å². The molecule has 0 saturated heterocycles. The van der Waals surface area contributed by atoms with Gasteiger partial charge in [0.1, 0.15) is 0 Å². The molecule has 4 heteroatoms. The highest BCUT2D eigenvalue weighted by atomic mass is 35.5. The van der Waals surface area contributed by atoms with Crippen molar-refractivity contribution in [3.63, 3.8) is 0 Å². The van der Waals surface area contributed by atoms with E-state index in [9.17, 15) is 0 Å². The molecule has 0 aliphatic heterocycles. The molecule has 1 atom stereocenters. The molecule has 2 N–H and O–H groups in total. The van der Waals surface area contributed by atoms with Gasteiger partial charge >= 0.3 is 0 Å². The van der Waals surface area contributed by atoms with E-state index in [2.05, 4.69) is 17.3 Å². The van der Waals surface area contributed by atoms with Crippen LogP contribution >= 0.6 is 22.9 Å². The fourth-order valence-electron chi connectivity index (χ4n) is 1.67. The third kappa shape index (κ3) is 2.86. The van der Waals surface area contributed by atoms with Gasteiger partial charge in [0.15, 0.2) is 0 Å². The van der Waals surface area contributed by atoms with Crippen LogP contribution in [-0.2, 0) is 0 Å². The van der Waals surface area contributed by atoms with Crippen LogP contribution in [0.5, 0.6) is 0 Å². The molecule has 1 aromatic heterocycles. The van der Waals surface area contributed by atoms with Crippen LogP contribution in [0.15, 0.2) is 29.6 Å². The van der Waals surface area contributed by atoms with E-state index in [-0.39, 0.29) is 0 Å². The predicted octanol–water partition coefficient (Wildman–Crippen LogP) is 3.92. The van der Waals surface area contributed by atoms with Gasteiger partial charge in [-0.1, -0.05) is 30.7 Å². The molecular weight excluding hydrogens is 252 g/mol. The zero-order valence-corrected chi connectivity index (χ0v) is 11.3. The van der Waals surface area contributed by atoms with Gasteiger partial charge in [0.2, 0.25) is 0 Å². The van der Waals surface area contributed by atoms with E-state index in [1.807, 2.05) is 24.3 Å². The lowest BCUT2D eigenvalue weighted by atomic mass is 10.1. The molecule has 0 bridgehead atoms. The Labute approximate surface area is 110 Å². The fourth-order valence-corrected chi connectivity index (χ4v) is 2.82. The Hall–Kier alpha value is -0.900. The molecule has 0 fully saturated rings. The van der Waals surface area contributed by atoms with Crippen molar-refractivity contribution in [2.75, 3.05) is 6.54 Å². The number of hydrogen-bond acceptors (Lipinski definition) is 3. The van der Waals surface area contributed by atoms with E-state index in [0.29, 0.717) is 12.5 Å². The normalized spacial score (nSPS) is 12.6. The molecule has 17 heavy (non-hydrogen) atoms. The fraction of sp³-hybridized carbons (Fsp3) is 0.308. The Morgan fingerprint density at radius 2 is 2.06 bits per heavy atom. The number of halogens is 1. The van der Waals surface area contributed by atoms with Gasteiger partial charge in [0, 0.05) is 28.4 Å². The Bertz CT molecular complexity index is 474. The largest absolute Gasteiger partial charge is 0.330 e. The van der Waals surface area contributed by atoms with Crippen molar-refractivity contribution < 1.29 is 0 Å².